The molecule has 0 radical (unpaired) electrons. The number of nitrogens with zero attached hydrogens (tertiary/aromatic N) is 1. The van der Waals surface area contributed by atoms with Gasteiger partial charge >= 0.3 is 5.97 Å². The Balaban J connectivity index is 2.62. The number of methoxy groups -OCH3 is 1. The first-order valence-electron chi connectivity index (χ1n) is 10.6. The lowest BCUT2D eigenvalue weighted by molar-refractivity contribution is -0.471. The van der Waals surface area contributed by atoms with Crippen molar-refractivity contribution in [1.82, 2.24) is 0 Å². The number of unbranched alkanes of at least 4 members (excludes halogenated alkanes) is 3. The molecule has 1 unspecified atom stereocenters. The van der Waals surface area contributed by atoms with Crippen molar-refractivity contribution < 1.29 is 24.4 Å². The summed E-state index contributed by atoms with van der Waals surface area (Å²) in [5.41, 5.74) is 0.834. The van der Waals surface area contributed by atoms with Crippen molar-refractivity contribution in [2.75, 3.05) is 13.7 Å². The fraction of sp³-hybridized carbons (Fsp3) is 0.727. The average molecular weight is 410 g/mol. The second kappa shape index (κ2) is 14.0. The van der Waals surface area contributed by atoms with Gasteiger partial charge in [0.05, 0.1) is 7.11 Å². The molecular formula is C22H35NO6. The Labute approximate surface area is 173 Å². The Morgan fingerprint density at radius 1 is 1.34 bits per heavy atom. The van der Waals surface area contributed by atoms with Crippen molar-refractivity contribution in [2.45, 2.75) is 77.2 Å². The van der Waals surface area contributed by atoms with Gasteiger partial charge in [0.2, 0.25) is 6.54 Å². The fourth-order valence-corrected chi connectivity index (χ4v) is 3.77. The van der Waals surface area contributed by atoms with E-state index >= 15 is 0 Å². The van der Waals surface area contributed by atoms with Gasteiger partial charge in [-0.3, -0.25) is 14.9 Å². The molecule has 1 aliphatic carbocycles. The molecule has 1 aliphatic rings. The Kier molecular flexibility index (Phi) is 12.1. The first-order valence-corrected chi connectivity index (χ1v) is 10.6. The van der Waals surface area contributed by atoms with Gasteiger partial charge in [-0.15, -0.1) is 0 Å². The first-order chi connectivity index (χ1) is 13.9. The number of Topliss-reactive ketones (excluding diaryl/α,β-unsaturated/α-hetero) is 1. The van der Waals surface area contributed by atoms with Gasteiger partial charge in [0.1, 0.15) is 5.78 Å². The maximum Gasteiger partial charge on any atom is 0.334 e. The van der Waals surface area contributed by atoms with Crippen molar-refractivity contribution in [3.63, 3.8) is 0 Å². The van der Waals surface area contributed by atoms with Crippen LogP contribution in [0.4, 0.5) is 0 Å². The summed E-state index contributed by atoms with van der Waals surface area (Å²) in [7, 11) is 1.23. The van der Waals surface area contributed by atoms with Crippen LogP contribution in [-0.4, -0.2) is 41.5 Å². The summed E-state index contributed by atoms with van der Waals surface area (Å²) in [6, 6.07) is 0. The number of esters is 1. The minimum atomic E-state index is -1.13. The van der Waals surface area contributed by atoms with Gasteiger partial charge in [0.15, 0.2) is 6.10 Å². The van der Waals surface area contributed by atoms with E-state index in [0.717, 1.165) is 44.1 Å². The number of aliphatic hydroxyl groups excluding tert-OH is 1. The highest BCUT2D eigenvalue weighted by Crippen LogP contribution is 2.34. The predicted octanol–water partition coefficient (Wildman–Crippen LogP) is 4.02. The lowest BCUT2D eigenvalue weighted by atomic mass is 9.89. The van der Waals surface area contributed by atoms with Gasteiger partial charge in [-0.25, -0.2) is 4.79 Å². The number of hydrogen-bond acceptors (Lipinski definition) is 6. The second-order valence-electron chi connectivity index (χ2n) is 7.73. The molecule has 0 aliphatic heterocycles. The summed E-state index contributed by atoms with van der Waals surface area (Å²) in [5, 5.41) is 20.6. The minimum absolute atomic E-state index is 0.0499. The summed E-state index contributed by atoms with van der Waals surface area (Å²) in [5.74, 6) is -0.535. The molecule has 0 saturated heterocycles. The summed E-state index contributed by atoms with van der Waals surface area (Å²) >= 11 is 0. The van der Waals surface area contributed by atoms with E-state index in [-0.39, 0.29) is 35.5 Å². The van der Waals surface area contributed by atoms with E-state index in [1.165, 1.54) is 7.11 Å². The van der Waals surface area contributed by atoms with Crippen LogP contribution in [0, 0.1) is 22.0 Å². The third kappa shape index (κ3) is 9.83. The smallest absolute Gasteiger partial charge is 0.334 e. The molecule has 1 N–H and O–H groups in total. The molecule has 1 fully saturated rings. The van der Waals surface area contributed by atoms with Crippen LogP contribution in [0.5, 0.6) is 0 Å². The molecule has 0 aromatic heterocycles. The average Bonchev–Trinajstić information content (AvgIpc) is 3.03. The number of carbonyl (C=O) groups is 2. The standard InChI is InChI=1S/C22H35NO6/c1-3-4-5-7-10-17(16-23(27)28)15-18-13-14-20(24)19(18)11-8-6-9-12-21(25)22(26)29-2/h6,8,15,18-19,21,25H,3-5,7,9-14,16H2,1-2H3/b8-6-,17-15-/t18-,19-,21?/m1/s1. The van der Waals surface area contributed by atoms with Crippen LogP contribution in [0.3, 0.4) is 0 Å². The summed E-state index contributed by atoms with van der Waals surface area (Å²) in [6.45, 7) is 1.98. The highest BCUT2D eigenvalue weighted by molar-refractivity contribution is 5.84. The molecule has 7 nitrogen and oxygen atoms in total. The molecule has 1 saturated carbocycles. The van der Waals surface area contributed by atoms with Crippen LogP contribution in [-0.2, 0) is 14.3 Å². The number of hydrogen-bond donors (Lipinski definition) is 1. The first kappa shape index (κ1) is 25.0. The van der Waals surface area contributed by atoms with E-state index in [2.05, 4.69) is 11.7 Å². The monoisotopic (exact) mass is 409 g/mol. The van der Waals surface area contributed by atoms with Crippen LogP contribution in [0.15, 0.2) is 23.8 Å². The van der Waals surface area contributed by atoms with Gasteiger partial charge in [-0.2, -0.15) is 0 Å². The highest BCUT2D eigenvalue weighted by atomic mass is 16.6. The van der Waals surface area contributed by atoms with Gasteiger partial charge in [0.25, 0.3) is 0 Å². The van der Waals surface area contributed by atoms with E-state index < -0.39 is 12.1 Å². The Hall–Kier alpha value is -2.02. The topological polar surface area (TPSA) is 107 Å². The maximum atomic E-state index is 12.3. The van der Waals surface area contributed by atoms with Crippen LogP contribution in [0.25, 0.3) is 0 Å². The van der Waals surface area contributed by atoms with Crippen LogP contribution < -0.4 is 0 Å². The number of carbonyl (C=O) groups excluding carboxylic acids is 2. The number of aliphatic hydroxyl groups is 1. The van der Waals surface area contributed by atoms with Gasteiger partial charge in [-0.05, 0) is 50.0 Å². The molecular weight excluding hydrogens is 374 g/mol. The molecule has 0 heterocycles. The van der Waals surface area contributed by atoms with Gasteiger partial charge in [-0.1, -0.05) is 44.4 Å². The van der Waals surface area contributed by atoms with Gasteiger partial charge < -0.3 is 9.84 Å². The summed E-state index contributed by atoms with van der Waals surface area (Å²) in [6.07, 6.45) is 12.2. The van der Waals surface area contributed by atoms with E-state index in [1.54, 1.807) is 0 Å². The molecule has 7 heteroatoms. The lowest BCUT2D eigenvalue weighted by Gasteiger charge is -2.15. The number of rotatable bonds is 14. The SMILES string of the molecule is CCCCCC/C(=C/[C@H]1CCC(=O)[C@@H]1C/C=C\CCC(O)C(=O)OC)C[N+](=O)[O-]. The molecule has 29 heavy (non-hydrogen) atoms. The number of ketones is 1. The number of nitro groups is 1. The molecule has 0 amide bonds. The zero-order valence-corrected chi connectivity index (χ0v) is 17.7. The van der Waals surface area contributed by atoms with E-state index in [1.807, 2.05) is 18.2 Å². The van der Waals surface area contributed by atoms with Crippen molar-refractivity contribution in [3.8, 4) is 0 Å². The quantitative estimate of drug-likeness (QED) is 0.153. The van der Waals surface area contributed by atoms with Crippen LogP contribution >= 0.6 is 0 Å². The summed E-state index contributed by atoms with van der Waals surface area (Å²) in [4.78, 5) is 34.2. The number of allylic oxidation sites excluding steroid dienone is 3. The number of ether oxygens (including phenoxy) is 1. The predicted molar refractivity (Wildman–Crippen MR) is 111 cm³/mol. The minimum Gasteiger partial charge on any atom is -0.467 e. The third-order valence-electron chi connectivity index (χ3n) is 5.42. The Morgan fingerprint density at radius 3 is 2.76 bits per heavy atom. The molecule has 0 bridgehead atoms. The zero-order chi connectivity index (χ0) is 21.6. The van der Waals surface area contributed by atoms with Crippen molar-refractivity contribution in [2.24, 2.45) is 11.8 Å². The zero-order valence-electron chi connectivity index (χ0n) is 17.7. The van der Waals surface area contributed by atoms with Crippen molar-refractivity contribution in [1.29, 1.82) is 0 Å². The maximum absolute atomic E-state index is 12.3. The summed E-state index contributed by atoms with van der Waals surface area (Å²) < 4.78 is 4.47. The van der Waals surface area contributed by atoms with Gasteiger partial charge in [0, 0.05) is 17.3 Å². The molecule has 3 atom stereocenters. The second-order valence-corrected chi connectivity index (χ2v) is 7.73. The van der Waals surface area contributed by atoms with Crippen molar-refractivity contribution >= 4 is 11.8 Å². The molecule has 0 spiro atoms. The van der Waals surface area contributed by atoms with Crippen LogP contribution in [0.1, 0.15) is 71.1 Å². The Morgan fingerprint density at radius 2 is 2.10 bits per heavy atom. The normalized spacial score (nSPS) is 20.9. The van der Waals surface area contributed by atoms with E-state index in [0.29, 0.717) is 19.3 Å². The third-order valence-corrected chi connectivity index (χ3v) is 5.42. The molecule has 164 valence electrons. The molecule has 0 aromatic carbocycles. The largest absolute Gasteiger partial charge is 0.467 e. The van der Waals surface area contributed by atoms with Crippen molar-refractivity contribution in [3.05, 3.63) is 33.9 Å². The molecule has 1 rings (SSSR count). The fourth-order valence-electron chi connectivity index (χ4n) is 3.77. The Bertz CT molecular complexity index is 598. The lowest BCUT2D eigenvalue weighted by Crippen LogP contribution is -2.21. The highest BCUT2D eigenvalue weighted by Gasteiger charge is 2.32. The van der Waals surface area contributed by atoms with E-state index in [9.17, 15) is 24.8 Å². The van der Waals surface area contributed by atoms with Crippen LogP contribution in [0.2, 0.25) is 0 Å². The van der Waals surface area contributed by atoms with E-state index in [4.69, 9.17) is 0 Å². The molecule has 0 aromatic rings.